The fourth-order valence-electron chi connectivity index (χ4n) is 2.29. The van der Waals surface area contributed by atoms with Gasteiger partial charge >= 0.3 is 0 Å². The average molecular weight is 318 g/mol. The molecule has 22 heavy (non-hydrogen) atoms. The zero-order valence-corrected chi connectivity index (χ0v) is 12.7. The maximum atomic E-state index is 12.3. The van der Waals surface area contributed by atoms with Crippen molar-refractivity contribution in [2.45, 2.75) is 0 Å². The van der Waals surface area contributed by atoms with Gasteiger partial charge in [0.1, 0.15) is 5.69 Å². The summed E-state index contributed by atoms with van der Waals surface area (Å²) in [6, 6.07) is 10.7. The van der Waals surface area contributed by atoms with E-state index >= 15 is 0 Å². The largest absolute Gasteiger partial charge is 0.378 e. The molecule has 1 saturated heterocycles. The monoisotopic (exact) mass is 317 g/mol. The lowest BCUT2D eigenvalue weighted by atomic mass is 10.2. The minimum absolute atomic E-state index is 0.238. The number of morpholine rings is 1. The predicted molar refractivity (Wildman–Crippen MR) is 86.7 cm³/mol. The number of pyridine rings is 1. The van der Waals surface area contributed by atoms with E-state index in [0.29, 0.717) is 29.6 Å². The number of amides is 1. The van der Waals surface area contributed by atoms with E-state index in [1.54, 1.807) is 36.5 Å². The van der Waals surface area contributed by atoms with Gasteiger partial charge in [0.2, 0.25) is 0 Å². The first kappa shape index (κ1) is 14.8. The number of anilines is 2. The summed E-state index contributed by atoms with van der Waals surface area (Å²) in [4.78, 5) is 18.6. The number of halogens is 1. The van der Waals surface area contributed by atoms with Crippen molar-refractivity contribution in [1.82, 2.24) is 4.98 Å². The molecule has 1 aliphatic heterocycles. The first-order valence-electron chi connectivity index (χ1n) is 7.08. The molecule has 1 aromatic carbocycles. The van der Waals surface area contributed by atoms with Gasteiger partial charge in [0.05, 0.1) is 13.2 Å². The van der Waals surface area contributed by atoms with E-state index in [2.05, 4.69) is 15.2 Å². The van der Waals surface area contributed by atoms with Crippen molar-refractivity contribution in [3.8, 4) is 0 Å². The lowest BCUT2D eigenvalue weighted by Crippen LogP contribution is -2.36. The summed E-state index contributed by atoms with van der Waals surface area (Å²) in [5.74, 6) is -0.238. The van der Waals surface area contributed by atoms with E-state index in [0.717, 1.165) is 18.8 Å². The number of hydrogen-bond donors (Lipinski definition) is 1. The van der Waals surface area contributed by atoms with E-state index in [4.69, 9.17) is 16.3 Å². The van der Waals surface area contributed by atoms with Crippen LogP contribution in [-0.2, 0) is 4.74 Å². The molecule has 1 aromatic heterocycles. The highest BCUT2D eigenvalue weighted by Crippen LogP contribution is 2.18. The number of benzene rings is 1. The van der Waals surface area contributed by atoms with Crippen molar-refractivity contribution in [1.29, 1.82) is 0 Å². The Morgan fingerprint density at radius 2 is 1.91 bits per heavy atom. The Kier molecular flexibility index (Phi) is 4.56. The van der Waals surface area contributed by atoms with Gasteiger partial charge in [-0.3, -0.25) is 9.78 Å². The Morgan fingerprint density at radius 3 is 2.64 bits per heavy atom. The van der Waals surface area contributed by atoms with Crippen LogP contribution in [0.15, 0.2) is 42.6 Å². The molecule has 1 N–H and O–H groups in total. The molecule has 3 rings (SSSR count). The summed E-state index contributed by atoms with van der Waals surface area (Å²) >= 11 is 5.83. The molecule has 1 aliphatic rings. The Balaban J connectivity index is 1.73. The van der Waals surface area contributed by atoms with Gasteiger partial charge in [0, 0.05) is 35.7 Å². The third kappa shape index (κ3) is 3.55. The zero-order chi connectivity index (χ0) is 15.4. The first-order chi connectivity index (χ1) is 10.7. The van der Waals surface area contributed by atoms with Gasteiger partial charge in [-0.1, -0.05) is 11.6 Å². The summed E-state index contributed by atoms with van der Waals surface area (Å²) < 4.78 is 5.34. The molecule has 6 heteroatoms. The Bertz CT molecular complexity index is 655. The fourth-order valence-corrected chi connectivity index (χ4v) is 2.42. The molecule has 5 nitrogen and oxygen atoms in total. The highest BCUT2D eigenvalue weighted by Gasteiger charge is 2.14. The van der Waals surface area contributed by atoms with Crippen molar-refractivity contribution >= 4 is 28.9 Å². The van der Waals surface area contributed by atoms with E-state index < -0.39 is 0 Å². The lowest BCUT2D eigenvalue weighted by molar-refractivity contribution is 0.102. The van der Waals surface area contributed by atoms with Gasteiger partial charge in [0.25, 0.3) is 5.91 Å². The molecule has 0 atom stereocenters. The number of nitrogens with one attached hydrogen (secondary N) is 1. The van der Waals surface area contributed by atoms with Crippen LogP contribution in [0.5, 0.6) is 0 Å². The summed E-state index contributed by atoms with van der Waals surface area (Å²) in [7, 11) is 0. The summed E-state index contributed by atoms with van der Waals surface area (Å²) in [5.41, 5.74) is 2.06. The Morgan fingerprint density at radius 1 is 1.18 bits per heavy atom. The maximum Gasteiger partial charge on any atom is 0.274 e. The lowest BCUT2D eigenvalue weighted by Gasteiger charge is -2.28. The molecule has 2 aromatic rings. The second-order valence-electron chi connectivity index (χ2n) is 4.96. The topological polar surface area (TPSA) is 54.5 Å². The SMILES string of the molecule is O=C(Nc1ccc(Cl)cc1)c1cc(N2CCOCC2)ccn1. The fraction of sp³-hybridized carbons (Fsp3) is 0.250. The quantitative estimate of drug-likeness (QED) is 0.946. The molecule has 2 heterocycles. The third-order valence-corrected chi connectivity index (χ3v) is 3.71. The van der Waals surface area contributed by atoms with Crippen LogP contribution in [0.2, 0.25) is 5.02 Å². The number of ether oxygens (including phenoxy) is 1. The van der Waals surface area contributed by atoms with Gasteiger partial charge < -0.3 is 15.0 Å². The molecular weight excluding hydrogens is 302 g/mol. The highest BCUT2D eigenvalue weighted by atomic mass is 35.5. The molecule has 0 bridgehead atoms. The summed E-state index contributed by atoms with van der Waals surface area (Å²) in [6.45, 7) is 3.05. The molecule has 0 unspecified atom stereocenters. The van der Waals surface area contributed by atoms with Crippen molar-refractivity contribution in [3.05, 3.63) is 53.3 Å². The summed E-state index contributed by atoms with van der Waals surface area (Å²) in [6.07, 6.45) is 1.65. The van der Waals surface area contributed by atoms with Crippen molar-refractivity contribution < 1.29 is 9.53 Å². The number of hydrogen-bond acceptors (Lipinski definition) is 4. The second kappa shape index (κ2) is 6.77. The van der Waals surface area contributed by atoms with Crippen molar-refractivity contribution in [3.63, 3.8) is 0 Å². The van der Waals surface area contributed by atoms with Crippen molar-refractivity contribution in [2.75, 3.05) is 36.5 Å². The minimum atomic E-state index is -0.238. The average Bonchev–Trinajstić information content (AvgIpc) is 2.58. The van der Waals surface area contributed by atoms with E-state index in [9.17, 15) is 4.79 Å². The molecule has 1 amide bonds. The number of rotatable bonds is 3. The van der Waals surface area contributed by atoms with Gasteiger partial charge in [0.15, 0.2) is 0 Å². The van der Waals surface area contributed by atoms with Crippen molar-refractivity contribution in [2.24, 2.45) is 0 Å². The highest BCUT2D eigenvalue weighted by molar-refractivity contribution is 6.30. The van der Waals surface area contributed by atoms with Crippen LogP contribution in [0.25, 0.3) is 0 Å². The van der Waals surface area contributed by atoms with E-state index in [-0.39, 0.29) is 5.91 Å². The molecule has 0 radical (unpaired) electrons. The minimum Gasteiger partial charge on any atom is -0.378 e. The smallest absolute Gasteiger partial charge is 0.274 e. The standard InChI is InChI=1S/C16H16ClN3O2/c17-12-1-3-13(4-2-12)19-16(21)15-11-14(5-6-18-15)20-7-9-22-10-8-20/h1-6,11H,7-10H2,(H,19,21). The Hall–Kier alpha value is -2.11. The molecule has 0 spiro atoms. The first-order valence-corrected chi connectivity index (χ1v) is 7.46. The maximum absolute atomic E-state index is 12.3. The second-order valence-corrected chi connectivity index (χ2v) is 5.40. The molecular formula is C16H16ClN3O2. The van der Waals surface area contributed by atoms with Crippen LogP contribution in [0.3, 0.4) is 0 Å². The van der Waals surface area contributed by atoms with E-state index in [1.807, 2.05) is 6.07 Å². The number of carbonyl (C=O) groups is 1. The van der Waals surface area contributed by atoms with Crippen LogP contribution >= 0.6 is 11.6 Å². The number of nitrogens with zero attached hydrogens (tertiary/aromatic N) is 2. The number of aromatic nitrogens is 1. The molecule has 1 fully saturated rings. The van der Waals surface area contributed by atoms with Gasteiger partial charge in [-0.15, -0.1) is 0 Å². The van der Waals surface area contributed by atoms with Crippen LogP contribution < -0.4 is 10.2 Å². The summed E-state index contributed by atoms with van der Waals surface area (Å²) in [5, 5.41) is 3.44. The third-order valence-electron chi connectivity index (χ3n) is 3.45. The Labute approximate surface area is 133 Å². The number of carbonyl (C=O) groups excluding carboxylic acids is 1. The zero-order valence-electron chi connectivity index (χ0n) is 12.0. The van der Waals surface area contributed by atoms with Gasteiger partial charge in [-0.2, -0.15) is 0 Å². The normalized spacial score (nSPS) is 14.7. The predicted octanol–water partition coefficient (Wildman–Crippen LogP) is 2.82. The van der Waals surface area contributed by atoms with Crippen LogP contribution in [-0.4, -0.2) is 37.2 Å². The van der Waals surface area contributed by atoms with Gasteiger partial charge in [-0.25, -0.2) is 0 Å². The molecule has 114 valence electrons. The molecule has 0 aliphatic carbocycles. The van der Waals surface area contributed by atoms with Crippen LogP contribution in [0.1, 0.15) is 10.5 Å². The molecule has 0 saturated carbocycles. The van der Waals surface area contributed by atoms with E-state index in [1.165, 1.54) is 0 Å². The van der Waals surface area contributed by atoms with Crippen LogP contribution in [0.4, 0.5) is 11.4 Å². The van der Waals surface area contributed by atoms with Crippen LogP contribution in [0, 0.1) is 0 Å². The van der Waals surface area contributed by atoms with Gasteiger partial charge in [-0.05, 0) is 36.4 Å².